The maximum Gasteiger partial charge on any atom is 0.487 e. The van der Waals surface area contributed by atoms with Crippen molar-refractivity contribution in [3.8, 4) is 16.9 Å². The molecule has 0 radical (unpaired) electrons. The average molecular weight is 464 g/mol. The van der Waals surface area contributed by atoms with Gasteiger partial charge in [0.1, 0.15) is 17.9 Å². The van der Waals surface area contributed by atoms with Crippen LogP contribution < -0.4 is 15.0 Å². The second kappa shape index (κ2) is 10.3. The first-order chi connectivity index (χ1) is 15.3. The number of halogens is 3. The van der Waals surface area contributed by atoms with E-state index in [1.54, 1.807) is 18.5 Å². The number of amides is 1. The van der Waals surface area contributed by atoms with E-state index < -0.39 is 11.5 Å². The van der Waals surface area contributed by atoms with Crippen LogP contribution in [0.4, 0.5) is 20.3 Å². The SMILES string of the molecule is CCN(CCO)c1ncc(C(=O)Nc2ccc(OC(F)(F)Cl)cc2)cc1-c1cncnc1. The number of nitrogens with one attached hydrogen (secondary N) is 1. The van der Waals surface area contributed by atoms with Crippen LogP contribution in [0.2, 0.25) is 0 Å². The minimum atomic E-state index is -3.82. The topological polar surface area (TPSA) is 100 Å². The van der Waals surface area contributed by atoms with Crippen molar-refractivity contribution in [3.05, 3.63) is 60.8 Å². The molecule has 0 aliphatic rings. The number of carbonyl (C=O) groups is 1. The van der Waals surface area contributed by atoms with Crippen molar-refractivity contribution in [2.75, 3.05) is 29.9 Å². The van der Waals surface area contributed by atoms with Gasteiger partial charge in [-0.15, -0.1) is 8.78 Å². The summed E-state index contributed by atoms with van der Waals surface area (Å²) in [6.07, 6.45) is 6.02. The standard InChI is InChI=1S/C21H20ClF2N5O3/c1-2-29(7-8-30)19-18(15-10-25-13-26-11-15)9-14(12-27-19)20(31)28-16-3-5-17(6-4-16)32-21(22,23)24/h3-6,9-13,30H,2,7-8H2,1H3,(H,28,31). The van der Waals surface area contributed by atoms with E-state index in [2.05, 4.69) is 25.0 Å². The second-order valence-electron chi connectivity index (χ2n) is 6.55. The first-order valence-electron chi connectivity index (χ1n) is 9.59. The van der Waals surface area contributed by atoms with Gasteiger partial charge in [0.05, 0.1) is 12.2 Å². The highest BCUT2D eigenvalue weighted by Gasteiger charge is 2.27. The lowest BCUT2D eigenvalue weighted by atomic mass is 10.1. The maximum absolute atomic E-state index is 12.8. The molecule has 2 heterocycles. The lowest BCUT2D eigenvalue weighted by Gasteiger charge is -2.24. The number of likely N-dealkylation sites (N-methyl/N-ethyl adjacent to an activating group) is 1. The predicted molar refractivity (Wildman–Crippen MR) is 116 cm³/mol. The number of hydrogen-bond acceptors (Lipinski definition) is 7. The van der Waals surface area contributed by atoms with E-state index in [1.807, 2.05) is 11.8 Å². The van der Waals surface area contributed by atoms with Crippen molar-refractivity contribution in [1.29, 1.82) is 0 Å². The van der Waals surface area contributed by atoms with Crippen molar-refractivity contribution < 1.29 is 23.4 Å². The Labute approximate surface area is 187 Å². The van der Waals surface area contributed by atoms with E-state index in [9.17, 15) is 18.7 Å². The molecule has 0 saturated carbocycles. The van der Waals surface area contributed by atoms with Crippen molar-refractivity contribution in [2.45, 2.75) is 12.5 Å². The summed E-state index contributed by atoms with van der Waals surface area (Å²) in [4.78, 5) is 27.1. The van der Waals surface area contributed by atoms with Gasteiger partial charge >= 0.3 is 5.57 Å². The van der Waals surface area contributed by atoms with Crippen molar-refractivity contribution >= 4 is 29.0 Å². The normalized spacial score (nSPS) is 11.2. The van der Waals surface area contributed by atoms with E-state index >= 15 is 0 Å². The smallest absolute Gasteiger partial charge is 0.420 e. The number of pyridine rings is 1. The summed E-state index contributed by atoms with van der Waals surface area (Å²) in [5, 5.41) is 12.0. The van der Waals surface area contributed by atoms with Gasteiger partial charge in [0.15, 0.2) is 0 Å². The number of nitrogens with zero attached hydrogens (tertiary/aromatic N) is 4. The van der Waals surface area contributed by atoms with Gasteiger partial charge in [-0.3, -0.25) is 4.79 Å². The third kappa shape index (κ3) is 6.08. The van der Waals surface area contributed by atoms with Gasteiger partial charge < -0.3 is 20.1 Å². The van der Waals surface area contributed by atoms with E-state index in [4.69, 9.17) is 11.6 Å². The molecule has 1 aromatic carbocycles. The number of carbonyl (C=O) groups excluding carboxylic acids is 1. The van der Waals surface area contributed by atoms with Crippen LogP contribution in [0, 0.1) is 0 Å². The number of benzene rings is 1. The van der Waals surface area contributed by atoms with Gasteiger partial charge in [-0.05, 0) is 37.3 Å². The Morgan fingerprint density at radius 3 is 2.50 bits per heavy atom. The third-order valence-electron chi connectivity index (χ3n) is 4.40. The fourth-order valence-corrected chi connectivity index (χ4v) is 3.05. The highest BCUT2D eigenvalue weighted by molar-refractivity contribution is 6.20. The van der Waals surface area contributed by atoms with Crippen molar-refractivity contribution in [2.24, 2.45) is 0 Å². The fraction of sp³-hybridized carbons (Fsp3) is 0.238. The quantitative estimate of drug-likeness (QED) is 0.466. The van der Waals surface area contributed by atoms with Gasteiger partial charge in [0, 0.05) is 60.1 Å². The van der Waals surface area contributed by atoms with Gasteiger partial charge in [-0.1, -0.05) is 0 Å². The Morgan fingerprint density at radius 2 is 1.91 bits per heavy atom. The summed E-state index contributed by atoms with van der Waals surface area (Å²) in [6, 6.07) is 6.98. The molecule has 0 aliphatic heterocycles. The molecule has 0 aliphatic carbocycles. The molecular weight excluding hydrogens is 444 g/mol. The molecule has 0 atom stereocenters. The molecule has 0 fully saturated rings. The number of alkyl halides is 3. The van der Waals surface area contributed by atoms with Crippen LogP contribution >= 0.6 is 11.6 Å². The van der Waals surface area contributed by atoms with E-state index in [1.165, 1.54) is 36.8 Å². The summed E-state index contributed by atoms with van der Waals surface area (Å²) in [5.41, 5.74) is -1.91. The zero-order chi connectivity index (χ0) is 23.1. The van der Waals surface area contributed by atoms with Gasteiger partial charge in [0.2, 0.25) is 0 Å². The monoisotopic (exact) mass is 463 g/mol. The van der Waals surface area contributed by atoms with Crippen LogP contribution in [-0.2, 0) is 0 Å². The molecule has 0 saturated heterocycles. The molecule has 8 nitrogen and oxygen atoms in total. The first-order valence-corrected chi connectivity index (χ1v) is 9.97. The number of aliphatic hydroxyl groups excluding tert-OH is 1. The van der Waals surface area contributed by atoms with E-state index in [0.29, 0.717) is 35.7 Å². The molecule has 168 valence electrons. The Morgan fingerprint density at radius 1 is 1.22 bits per heavy atom. The van der Waals surface area contributed by atoms with Crippen LogP contribution in [0.25, 0.3) is 11.1 Å². The summed E-state index contributed by atoms with van der Waals surface area (Å²) in [7, 11) is 0. The minimum absolute atomic E-state index is 0.0577. The van der Waals surface area contributed by atoms with Crippen LogP contribution in [-0.4, -0.2) is 51.2 Å². The molecule has 1 amide bonds. The lowest BCUT2D eigenvalue weighted by Crippen LogP contribution is -2.28. The highest BCUT2D eigenvalue weighted by Crippen LogP contribution is 2.30. The fourth-order valence-electron chi connectivity index (χ4n) is 2.96. The summed E-state index contributed by atoms with van der Waals surface area (Å²) < 4.78 is 29.7. The molecule has 2 N–H and O–H groups in total. The van der Waals surface area contributed by atoms with Crippen LogP contribution in [0.15, 0.2) is 55.2 Å². The molecule has 3 rings (SSSR count). The molecule has 32 heavy (non-hydrogen) atoms. The Kier molecular flexibility index (Phi) is 7.49. The first kappa shape index (κ1) is 23.3. The number of hydrogen-bond donors (Lipinski definition) is 2. The van der Waals surface area contributed by atoms with Crippen LogP contribution in [0.1, 0.15) is 17.3 Å². The zero-order valence-corrected chi connectivity index (χ0v) is 17.8. The van der Waals surface area contributed by atoms with Crippen LogP contribution in [0.3, 0.4) is 0 Å². The predicted octanol–water partition coefficient (Wildman–Crippen LogP) is 3.78. The van der Waals surface area contributed by atoms with E-state index in [-0.39, 0.29) is 17.9 Å². The number of aliphatic hydroxyl groups is 1. The average Bonchev–Trinajstić information content (AvgIpc) is 2.78. The molecule has 2 aromatic heterocycles. The maximum atomic E-state index is 12.8. The molecule has 0 spiro atoms. The largest absolute Gasteiger partial charge is 0.487 e. The lowest BCUT2D eigenvalue weighted by molar-refractivity contribution is -0.0964. The molecule has 0 unspecified atom stereocenters. The van der Waals surface area contributed by atoms with Gasteiger partial charge in [-0.25, -0.2) is 15.0 Å². The molecule has 11 heteroatoms. The Balaban J connectivity index is 1.87. The van der Waals surface area contributed by atoms with Crippen molar-refractivity contribution in [3.63, 3.8) is 0 Å². The molecular formula is C21H20ClF2N5O3. The highest BCUT2D eigenvalue weighted by atomic mass is 35.5. The number of anilines is 2. The van der Waals surface area contributed by atoms with Gasteiger partial charge in [0.25, 0.3) is 5.91 Å². The third-order valence-corrected chi connectivity index (χ3v) is 4.47. The number of ether oxygens (including phenoxy) is 1. The zero-order valence-electron chi connectivity index (χ0n) is 17.0. The van der Waals surface area contributed by atoms with Crippen LogP contribution in [0.5, 0.6) is 5.75 Å². The van der Waals surface area contributed by atoms with E-state index in [0.717, 1.165) is 0 Å². The number of aromatic nitrogens is 3. The molecule has 3 aromatic rings. The number of rotatable bonds is 9. The summed E-state index contributed by atoms with van der Waals surface area (Å²) in [5.74, 6) is -0.0241. The summed E-state index contributed by atoms with van der Waals surface area (Å²) in [6.45, 7) is 2.83. The minimum Gasteiger partial charge on any atom is -0.420 e. The van der Waals surface area contributed by atoms with Gasteiger partial charge in [-0.2, -0.15) is 0 Å². The summed E-state index contributed by atoms with van der Waals surface area (Å²) >= 11 is 4.74. The second-order valence-corrected chi connectivity index (χ2v) is 6.99. The Hall–Kier alpha value is -3.37. The molecule has 0 bridgehead atoms. The van der Waals surface area contributed by atoms with Crippen molar-refractivity contribution in [1.82, 2.24) is 15.0 Å². The Bertz CT molecular complexity index is 1050.